The SMILES string of the molecule is Cc1ccc(-c2nn(C)cc2-c2nnc(SCC(=O)Nc3ccc(F)c(Cl)c3)n2C)cc1. The van der Waals surface area contributed by atoms with Gasteiger partial charge in [0.25, 0.3) is 0 Å². The van der Waals surface area contributed by atoms with E-state index in [9.17, 15) is 9.18 Å². The van der Waals surface area contributed by atoms with Gasteiger partial charge in [-0.25, -0.2) is 4.39 Å². The van der Waals surface area contributed by atoms with Crippen LogP contribution in [0.1, 0.15) is 5.56 Å². The molecule has 4 rings (SSSR count). The molecule has 1 amide bonds. The van der Waals surface area contributed by atoms with E-state index in [1.165, 1.54) is 35.5 Å². The molecular weight excluding hydrogens is 451 g/mol. The van der Waals surface area contributed by atoms with Crippen molar-refractivity contribution in [3.8, 4) is 22.6 Å². The Labute approximate surface area is 193 Å². The van der Waals surface area contributed by atoms with Crippen molar-refractivity contribution >= 4 is 35.0 Å². The Morgan fingerprint density at radius 3 is 2.62 bits per heavy atom. The van der Waals surface area contributed by atoms with Crippen LogP contribution in [0.15, 0.2) is 53.8 Å². The Balaban J connectivity index is 1.50. The first kappa shape index (κ1) is 22.0. The van der Waals surface area contributed by atoms with Gasteiger partial charge >= 0.3 is 0 Å². The Morgan fingerprint density at radius 2 is 1.91 bits per heavy atom. The normalized spacial score (nSPS) is 11.0. The van der Waals surface area contributed by atoms with E-state index in [2.05, 4.69) is 20.6 Å². The number of anilines is 1. The third kappa shape index (κ3) is 4.68. The summed E-state index contributed by atoms with van der Waals surface area (Å²) >= 11 is 7.01. The largest absolute Gasteiger partial charge is 0.325 e. The molecule has 0 unspecified atom stereocenters. The van der Waals surface area contributed by atoms with Crippen LogP contribution in [0.4, 0.5) is 10.1 Å². The van der Waals surface area contributed by atoms with Crippen LogP contribution >= 0.6 is 23.4 Å². The van der Waals surface area contributed by atoms with Gasteiger partial charge in [-0.3, -0.25) is 9.48 Å². The average molecular weight is 471 g/mol. The number of benzene rings is 2. The molecule has 0 aliphatic carbocycles. The molecule has 0 bridgehead atoms. The molecule has 2 heterocycles. The number of aromatic nitrogens is 5. The van der Waals surface area contributed by atoms with Crippen LogP contribution in [0.5, 0.6) is 0 Å². The second-order valence-corrected chi connectivity index (χ2v) is 8.61. The highest BCUT2D eigenvalue weighted by molar-refractivity contribution is 7.99. The van der Waals surface area contributed by atoms with Crippen LogP contribution in [0.3, 0.4) is 0 Å². The molecule has 0 fully saturated rings. The van der Waals surface area contributed by atoms with Crippen molar-refractivity contribution in [1.29, 1.82) is 0 Å². The number of carbonyl (C=O) groups excluding carboxylic acids is 1. The smallest absolute Gasteiger partial charge is 0.234 e. The van der Waals surface area contributed by atoms with Crippen LogP contribution in [0, 0.1) is 12.7 Å². The van der Waals surface area contributed by atoms with Gasteiger partial charge in [0.15, 0.2) is 11.0 Å². The Kier molecular flexibility index (Phi) is 6.29. The summed E-state index contributed by atoms with van der Waals surface area (Å²) in [6.45, 7) is 2.04. The number of rotatable bonds is 6. The highest BCUT2D eigenvalue weighted by Crippen LogP contribution is 2.31. The molecule has 32 heavy (non-hydrogen) atoms. The number of carbonyl (C=O) groups is 1. The third-order valence-electron chi connectivity index (χ3n) is 4.77. The van der Waals surface area contributed by atoms with Crippen molar-refractivity contribution in [3.63, 3.8) is 0 Å². The molecule has 4 aromatic rings. The third-order valence-corrected chi connectivity index (χ3v) is 6.08. The molecule has 7 nitrogen and oxygen atoms in total. The highest BCUT2D eigenvalue weighted by atomic mass is 35.5. The number of amides is 1. The van der Waals surface area contributed by atoms with E-state index in [0.29, 0.717) is 16.7 Å². The molecule has 0 radical (unpaired) electrons. The molecular formula is C22H20ClFN6OS. The molecule has 0 saturated carbocycles. The van der Waals surface area contributed by atoms with Gasteiger partial charge < -0.3 is 9.88 Å². The lowest BCUT2D eigenvalue weighted by Gasteiger charge is -2.06. The van der Waals surface area contributed by atoms with Crippen LogP contribution in [0.25, 0.3) is 22.6 Å². The topological polar surface area (TPSA) is 77.6 Å². The van der Waals surface area contributed by atoms with Crippen molar-refractivity contribution in [2.75, 3.05) is 11.1 Å². The number of hydrogen-bond donors (Lipinski definition) is 1. The van der Waals surface area contributed by atoms with Crippen LogP contribution in [-0.4, -0.2) is 36.2 Å². The fourth-order valence-corrected chi connectivity index (χ4v) is 4.04. The van der Waals surface area contributed by atoms with Gasteiger partial charge in [-0.15, -0.1) is 10.2 Å². The second kappa shape index (κ2) is 9.13. The Bertz CT molecular complexity index is 1280. The summed E-state index contributed by atoms with van der Waals surface area (Å²) < 4.78 is 16.9. The summed E-state index contributed by atoms with van der Waals surface area (Å²) in [5.41, 5.74) is 4.25. The minimum Gasteiger partial charge on any atom is -0.325 e. The molecule has 2 aromatic carbocycles. The molecule has 0 aliphatic heterocycles. The van der Waals surface area contributed by atoms with Crippen molar-refractivity contribution in [3.05, 3.63) is 65.1 Å². The Hall–Kier alpha value is -3.17. The standard InChI is InChI=1S/C22H20ClFN6OS/c1-13-4-6-14(7-5-13)20-16(11-29(2)28-20)21-26-27-22(30(21)3)32-12-19(31)25-15-8-9-18(24)17(23)10-15/h4-11H,12H2,1-3H3,(H,25,31). The first-order chi connectivity index (χ1) is 15.3. The molecule has 164 valence electrons. The summed E-state index contributed by atoms with van der Waals surface area (Å²) in [7, 11) is 3.71. The Morgan fingerprint density at radius 1 is 1.16 bits per heavy atom. The maximum atomic E-state index is 13.3. The van der Waals surface area contributed by atoms with Crippen molar-refractivity contribution in [2.45, 2.75) is 12.1 Å². The highest BCUT2D eigenvalue weighted by Gasteiger charge is 2.19. The lowest BCUT2D eigenvalue weighted by Crippen LogP contribution is -2.14. The van der Waals surface area contributed by atoms with Gasteiger partial charge in [0.05, 0.1) is 16.3 Å². The first-order valence-electron chi connectivity index (χ1n) is 9.70. The van der Waals surface area contributed by atoms with E-state index < -0.39 is 5.82 Å². The molecule has 0 aliphatic rings. The molecule has 2 aromatic heterocycles. The number of nitrogens with one attached hydrogen (secondary N) is 1. The summed E-state index contributed by atoms with van der Waals surface area (Å²) in [5.74, 6) is -0.0318. The number of aryl methyl sites for hydroxylation is 2. The van der Waals surface area contributed by atoms with E-state index in [-0.39, 0.29) is 16.7 Å². The zero-order chi connectivity index (χ0) is 22.8. The predicted molar refractivity (Wildman–Crippen MR) is 124 cm³/mol. The van der Waals surface area contributed by atoms with Crippen LogP contribution in [-0.2, 0) is 18.9 Å². The van der Waals surface area contributed by atoms with Crippen molar-refractivity contribution in [1.82, 2.24) is 24.5 Å². The molecule has 0 saturated heterocycles. The monoisotopic (exact) mass is 470 g/mol. The summed E-state index contributed by atoms with van der Waals surface area (Å²) in [4.78, 5) is 12.3. The molecule has 0 atom stereocenters. The zero-order valence-electron chi connectivity index (χ0n) is 17.6. The quantitative estimate of drug-likeness (QED) is 0.413. The first-order valence-corrected chi connectivity index (χ1v) is 11.1. The minimum absolute atomic E-state index is 0.0470. The van der Waals surface area contributed by atoms with Crippen LogP contribution < -0.4 is 5.32 Å². The van der Waals surface area contributed by atoms with E-state index in [4.69, 9.17) is 11.6 Å². The fraction of sp³-hybridized carbons (Fsp3) is 0.182. The lowest BCUT2D eigenvalue weighted by atomic mass is 10.1. The van der Waals surface area contributed by atoms with Gasteiger partial charge in [0.1, 0.15) is 11.5 Å². The number of nitrogens with zero attached hydrogens (tertiary/aromatic N) is 5. The van der Waals surface area contributed by atoms with Crippen molar-refractivity contribution < 1.29 is 9.18 Å². The van der Waals surface area contributed by atoms with E-state index >= 15 is 0 Å². The molecule has 1 N–H and O–H groups in total. The van der Waals surface area contributed by atoms with Gasteiger partial charge in [-0.05, 0) is 25.1 Å². The second-order valence-electron chi connectivity index (χ2n) is 7.26. The van der Waals surface area contributed by atoms with E-state index in [1.54, 1.807) is 4.68 Å². The number of thioether (sulfide) groups is 1. The minimum atomic E-state index is -0.536. The van der Waals surface area contributed by atoms with E-state index in [1.807, 2.05) is 56.0 Å². The summed E-state index contributed by atoms with van der Waals surface area (Å²) in [6.07, 6.45) is 1.90. The van der Waals surface area contributed by atoms with Gasteiger partial charge in [-0.1, -0.05) is 53.2 Å². The van der Waals surface area contributed by atoms with Gasteiger partial charge in [-0.2, -0.15) is 5.10 Å². The maximum absolute atomic E-state index is 13.3. The predicted octanol–water partition coefficient (Wildman–Crippen LogP) is 4.71. The fourth-order valence-electron chi connectivity index (χ4n) is 3.15. The number of halogens is 2. The van der Waals surface area contributed by atoms with Gasteiger partial charge in [0, 0.05) is 31.5 Å². The lowest BCUT2D eigenvalue weighted by molar-refractivity contribution is -0.113. The van der Waals surface area contributed by atoms with Crippen LogP contribution in [0.2, 0.25) is 5.02 Å². The molecule has 0 spiro atoms. The average Bonchev–Trinajstić information content (AvgIpc) is 3.32. The maximum Gasteiger partial charge on any atom is 0.234 e. The summed E-state index contributed by atoms with van der Waals surface area (Å²) in [6, 6.07) is 12.2. The van der Waals surface area contributed by atoms with E-state index in [0.717, 1.165) is 16.8 Å². The number of hydrogen-bond acceptors (Lipinski definition) is 5. The summed E-state index contributed by atoms with van der Waals surface area (Å²) in [5, 5.41) is 16.4. The van der Waals surface area contributed by atoms with Gasteiger partial charge in [0.2, 0.25) is 5.91 Å². The van der Waals surface area contributed by atoms with Crippen molar-refractivity contribution in [2.24, 2.45) is 14.1 Å². The molecule has 10 heteroatoms. The zero-order valence-corrected chi connectivity index (χ0v) is 19.2.